The van der Waals surface area contributed by atoms with Gasteiger partial charge in [0.05, 0.1) is 10.5 Å². The summed E-state index contributed by atoms with van der Waals surface area (Å²) in [5.41, 5.74) is 9.11. The van der Waals surface area contributed by atoms with Crippen LogP contribution < -0.4 is 11.5 Å². The molecule has 20 heavy (non-hydrogen) atoms. The van der Waals surface area contributed by atoms with Crippen LogP contribution >= 0.6 is 0 Å². The molecule has 1 aromatic carbocycles. The number of sulfone groups is 1. The summed E-state index contributed by atoms with van der Waals surface area (Å²) in [5, 5.41) is 6.54. The van der Waals surface area contributed by atoms with Gasteiger partial charge in [0, 0.05) is 0 Å². The number of alkyl halides is 3. The highest BCUT2D eigenvalue weighted by Gasteiger charge is 2.36. The van der Waals surface area contributed by atoms with Crippen molar-refractivity contribution in [1.82, 2.24) is 0 Å². The van der Waals surface area contributed by atoms with Gasteiger partial charge in [-0.1, -0.05) is 6.07 Å². The van der Waals surface area contributed by atoms with Crippen LogP contribution in [0.25, 0.3) is 0 Å². The number of carboxylic acid groups (broad SMARTS) is 1. The van der Waals surface area contributed by atoms with Crippen molar-refractivity contribution in [2.24, 2.45) is 11.5 Å². The molecule has 1 unspecified atom stereocenters. The summed E-state index contributed by atoms with van der Waals surface area (Å²) >= 11 is 0. The molecule has 10 heteroatoms. The van der Waals surface area contributed by atoms with E-state index in [9.17, 15) is 26.4 Å². The minimum absolute atomic E-state index is 0.379. The smallest absolute Gasteiger partial charge is 0.416 e. The first-order chi connectivity index (χ1) is 8.98. The zero-order valence-electron chi connectivity index (χ0n) is 9.83. The van der Waals surface area contributed by atoms with Crippen molar-refractivity contribution in [2.75, 3.05) is 0 Å². The maximum absolute atomic E-state index is 12.5. The number of hydrogen-bond donors (Lipinski definition) is 3. The van der Waals surface area contributed by atoms with Crippen LogP contribution in [0, 0.1) is 0 Å². The van der Waals surface area contributed by atoms with Gasteiger partial charge in [-0.05, 0) is 18.2 Å². The summed E-state index contributed by atoms with van der Waals surface area (Å²) < 4.78 is 61.3. The summed E-state index contributed by atoms with van der Waals surface area (Å²) in [6.07, 6.45) is -4.73. The molecule has 0 saturated carbocycles. The predicted molar refractivity (Wildman–Crippen MR) is 62.2 cm³/mol. The number of aliphatic carboxylic acids is 1. The minimum Gasteiger partial charge on any atom is -0.480 e. The van der Waals surface area contributed by atoms with Crippen molar-refractivity contribution in [3.8, 4) is 0 Å². The second-order valence-electron chi connectivity index (χ2n) is 3.90. The van der Waals surface area contributed by atoms with Crippen molar-refractivity contribution in [2.45, 2.75) is 22.5 Å². The molecule has 5 N–H and O–H groups in total. The van der Waals surface area contributed by atoms with Gasteiger partial charge >= 0.3 is 12.1 Å². The zero-order valence-corrected chi connectivity index (χ0v) is 10.6. The summed E-state index contributed by atoms with van der Waals surface area (Å²) in [5.74, 6) is -1.67. The molecule has 0 aliphatic carbocycles. The van der Waals surface area contributed by atoms with Crippen molar-refractivity contribution >= 4 is 15.8 Å². The Morgan fingerprint density at radius 3 is 2.25 bits per heavy atom. The van der Waals surface area contributed by atoms with E-state index in [1.54, 1.807) is 0 Å². The third-order valence-corrected chi connectivity index (χ3v) is 4.41. The molecule has 1 rings (SSSR count). The molecular formula is C10H11F3N2O4S. The average molecular weight is 312 g/mol. The number of rotatable bonds is 4. The molecule has 0 aliphatic heterocycles. The summed E-state index contributed by atoms with van der Waals surface area (Å²) in [6.45, 7) is 0. The fourth-order valence-electron chi connectivity index (χ4n) is 1.34. The second-order valence-corrected chi connectivity index (χ2v) is 6.00. The van der Waals surface area contributed by atoms with Crippen molar-refractivity contribution in [1.29, 1.82) is 0 Å². The van der Waals surface area contributed by atoms with Gasteiger partial charge in [0.25, 0.3) is 0 Å². The summed E-state index contributed by atoms with van der Waals surface area (Å²) in [7, 11) is -4.49. The lowest BCUT2D eigenvalue weighted by molar-refractivity contribution is -0.139. The van der Waals surface area contributed by atoms with E-state index in [-0.39, 0.29) is 0 Å². The molecule has 112 valence electrons. The van der Waals surface area contributed by atoms with E-state index in [1.165, 1.54) is 0 Å². The van der Waals surface area contributed by atoms with Crippen LogP contribution in [-0.2, 0) is 20.8 Å². The van der Waals surface area contributed by atoms with Crippen LogP contribution in [-0.4, -0.2) is 30.9 Å². The number of halogens is 3. The molecule has 0 bridgehead atoms. The maximum atomic E-state index is 12.5. The van der Waals surface area contributed by atoms with E-state index in [1.807, 2.05) is 0 Å². The highest BCUT2D eigenvalue weighted by Crippen LogP contribution is 2.31. The molecule has 0 aliphatic rings. The number of benzene rings is 1. The van der Waals surface area contributed by atoms with Crippen LogP contribution in [0.2, 0.25) is 0 Å². The highest BCUT2D eigenvalue weighted by atomic mass is 32.2. The maximum Gasteiger partial charge on any atom is 0.416 e. The SMILES string of the molecule is NC(C(=O)O)[C@@H](N)S(=O)(=O)c1cccc(C(F)(F)F)c1. The lowest BCUT2D eigenvalue weighted by Crippen LogP contribution is -2.51. The van der Waals surface area contributed by atoms with Gasteiger partial charge in [-0.15, -0.1) is 0 Å². The van der Waals surface area contributed by atoms with E-state index in [2.05, 4.69) is 0 Å². The average Bonchev–Trinajstić information content (AvgIpc) is 2.35. The number of hydrogen-bond acceptors (Lipinski definition) is 5. The van der Waals surface area contributed by atoms with E-state index < -0.39 is 43.9 Å². The molecule has 0 saturated heterocycles. The number of nitrogens with two attached hydrogens (primary N) is 2. The van der Waals surface area contributed by atoms with E-state index in [0.29, 0.717) is 12.1 Å². The van der Waals surface area contributed by atoms with Crippen molar-refractivity contribution in [3.05, 3.63) is 29.8 Å². The lowest BCUT2D eigenvalue weighted by atomic mass is 10.2. The highest BCUT2D eigenvalue weighted by molar-refractivity contribution is 7.92. The molecule has 0 fully saturated rings. The Labute approximate surface area is 112 Å². The topological polar surface area (TPSA) is 123 Å². The Morgan fingerprint density at radius 2 is 1.80 bits per heavy atom. The lowest BCUT2D eigenvalue weighted by Gasteiger charge is -2.17. The van der Waals surface area contributed by atoms with Crippen LogP contribution in [0.15, 0.2) is 29.2 Å². The van der Waals surface area contributed by atoms with Crippen LogP contribution in [0.1, 0.15) is 5.56 Å². The molecule has 0 spiro atoms. The van der Waals surface area contributed by atoms with Gasteiger partial charge in [0.15, 0.2) is 9.84 Å². The Morgan fingerprint density at radius 1 is 1.25 bits per heavy atom. The van der Waals surface area contributed by atoms with Gasteiger partial charge < -0.3 is 16.6 Å². The van der Waals surface area contributed by atoms with Crippen molar-refractivity contribution < 1.29 is 31.5 Å². The third kappa shape index (κ3) is 3.26. The first kappa shape index (κ1) is 16.4. The largest absolute Gasteiger partial charge is 0.480 e. The normalized spacial score (nSPS) is 15.7. The van der Waals surface area contributed by atoms with Gasteiger partial charge in [0.2, 0.25) is 0 Å². The molecule has 6 nitrogen and oxygen atoms in total. The molecule has 0 heterocycles. The van der Waals surface area contributed by atoms with Crippen LogP contribution in [0.4, 0.5) is 13.2 Å². The molecule has 0 aromatic heterocycles. The fraction of sp³-hybridized carbons (Fsp3) is 0.300. The molecule has 1 aromatic rings. The number of carbonyl (C=O) groups is 1. The van der Waals surface area contributed by atoms with Gasteiger partial charge in [-0.3, -0.25) is 4.79 Å². The van der Waals surface area contributed by atoms with Crippen molar-refractivity contribution in [3.63, 3.8) is 0 Å². The summed E-state index contributed by atoms with van der Waals surface area (Å²) in [6, 6.07) is 0.883. The fourth-order valence-corrected chi connectivity index (χ4v) is 2.72. The first-order valence-corrected chi connectivity index (χ1v) is 6.67. The predicted octanol–water partition coefficient (Wildman–Crippen LogP) is 0.176. The van der Waals surface area contributed by atoms with Gasteiger partial charge in [0.1, 0.15) is 11.4 Å². The first-order valence-electron chi connectivity index (χ1n) is 5.13. The Kier molecular flexibility index (Phi) is 4.42. The van der Waals surface area contributed by atoms with Crippen LogP contribution in [0.3, 0.4) is 0 Å². The molecule has 2 atom stereocenters. The Balaban J connectivity index is 3.27. The minimum atomic E-state index is -4.73. The molecule has 0 radical (unpaired) electrons. The molecule has 0 amide bonds. The Hall–Kier alpha value is -1.65. The number of carboxylic acids is 1. The summed E-state index contributed by atoms with van der Waals surface area (Å²) in [4.78, 5) is 9.86. The van der Waals surface area contributed by atoms with E-state index in [4.69, 9.17) is 16.6 Å². The monoisotopic (exact) mass is 312 g/mol. The van der Waals surface area contributed by atoms with Crippen LogP contribution in [0.5, 0.6) is 0 Å². The van der Waals surface area contributed by atoms with E-state index in [0.717, 1.165) is 12.1 Å². The standard InChI is InChI=1S/C10H11F3N2O4S/c11-10(12,13)5-2-1-3-6(4-5)20(18,19)8(15)7(14)9(16)17/h1-4,7-8H,14-15H2,(H,16,17)/t7?,8-/m0/s1. The quantitative estimate of drug-likeness (QED) is 0.728. The molecular weight excluding hydrogens is 301 g/mol. The van der Waals surface area contributed by atoms with Gasteiger partial charge in [-0.2, -0.15) is 13.2 Å². The zero-order chi connectivity index (χ0) is 15.7. The Bertz CT molecular complexity index is 615. The second kappa shape index (κ2) is 5.38. The van der Waals surface area contributed by atoms with Gasteiger partial charge in [-0.25, -0.2) is 8.42 Å². The van der Waals surface area contributed by atoms with E-state index >= 15 is 0 Å². The third-order valence-electron chi connectivity index (χ3n) is 2.49.